The lowest BCUT2D eigenvalue weighted by molar-refractivity contribution is -0.185. The molecule has 142 valence electrons. The third-order valence-electron chi connectivity index (χ3n) is 4.81. The summed E-state index contributed by atoms with van der Waals surface area (Å²) in [7, 11) is 0. The van der Waals surface area contributed by atoms with Crippen molar-refractivity contribution < 1.29 is 22.1 Å². The molecule has 0 amide bonds. The van der Waals surface area contributed by atoms with E-state index in [2.05, 4.69) is 10.1 Å². The van der Waals surface area contributed by atoms with Crippen molar-refractivity contribution >= 4 is 0 Å². The normalized spacial score (nSPS) is 17.0. The van der Waals surface area contributed by atoms with Crippen molar-refractivity contribution in [3.05, 3.63) is 35.5 Å². The first-order valence-corrected chi connectivity index (χ1v) is 8.71. The van der Waals surface area contributed by atoms with Crippen LogP contribution in [0.4, 0.5) is 17.6 Å². The van der Waals surface area contributed by atoms with Gasteiger partial charge in [-0.25, -0.2) is 4.39 Å². The fourth-order valence-electron chi connectivity index (χ4n) is 3.14. The molecule has 1 aliphatic rings. The summed E-state index contributed by atoms with van der Waals surface area (Å²) in [6.07, 6.45) is -2.50. The maximum atomic E-state index is 13.6. The number of aryl methyl sites for hydroxylation is 2. The molecule has 26 heavy (non-hydrogen) atoms. The maximum absolute atomic E-state index is 13.6. The molecule has 0 bridgehead atoms. The molecular formula is C18H21F4N3O. The molecule has 2 aromatic rings. The number of benzene rings is 1. The molecule has 1 fully saturated rings. The summed E-state index contributed by atoms with van der Waals surface area (Å²) in [5.74, 6) is -0.709. The van der Waals surface area contributed by atoms with E-state index in [9.17, 15) is 17.6 Å². The lowest BCUT2D eigenvalue weighted by Crippen LogP contribution is -2.39. The Morgan fingerprint density at radius 1 is 1.23 bits per heavy atom. The molecule has 1 aromatic heterocycles. The van der Waals surface area contributed by atoms with Gasteiger partial charge in [-0.3, -0.25) is 0 Å². The molecule has 8 heteroatoms. The van der Waals surface area contributed by atoms with Gasteiger partial charge in [0, 0.05) is 12.0 Å². The van der Waals surface area contributed by atoms with E-state index in [-0.39, 0.29) is 18.7 Å². The average Bonchev–Trinajstić information content (AvgIpc) is 3.06. The van der Waals surface area contributed by atoms with Gasteiger partial charge in [0.25, 0.3) is 0 Å². The molecule has 1 aliphatic heterocycles. The molecule has 0 aliphatic carbocycles. The smallest absolute Gasteiger partial charge is 0.339 e. The topological polar surface area (TPSA) is 42.2 Å². The van der Waals surface area contributed by atoms with Gasteiger partial charge in [-0.2, -0.15) is 18.2 Å². The van der Waals surface area contributed by atoms with Gasteiger partial charge in [0.05, 0.1) is 5.92 Å². The Kier molecular flexibility index (Phi) is 5.60. The summed E-state index contributed by atoms with van der Waals surface area (Å²) in [5.41, 5.74) is 1.10. The zero-order chi connectivity index (χ0) is 18.7. The molecule has 4 nitrogen and oxygen atoms in total. The van der Waals surface area contributed by atoms with Crippen LogP contribution in [0.3, 0.4) is 0 Å². The number of hydrogen-bond acceptors (Lipinski definition) is 4. The molecule has 3 rings (SSSR count). The van der Waals surface area contributed by atoms with E-state index in [1.807, 2.05) is 4.90 Å². The number of hydrogen-bond donors (Lipinski definition) is 0. The number of piperidine rings is 1. The summed E-state index contributed by atoms with van der Waals surface area (Å²) >= 11 is 0. The molecule has 0 radical (unpaired) electrons. The molecule has 0 spiro atoms. The molecule has 0 N–H and O–H groups in total. The van der Waals surface area contributed by atoms with E-state index in [1.165, 1.54) is 6.07 Å². The minimum Gasteiger partial charge on any atom is -0.339 e. The molecule has 0 saturated carbocycles. The Bertz CT molecular complexity index is 736. The van der Waals surface area contributed by atoms with Crippen LogP contribution >= 0.6 is 0 Å². The Morgan fingerprint density at radius 2 is 1.96 bits per heavy atom. The Balaban J connectivity index is 1.46. The lowest BCUT2D eigenvalue weighted by Gasteiger charge is -2.32. The first-order valence-electron chi connectivity index (χ1n) is 8.71. The van der Waals surface area contributed by atoms with Gasteiger partial charge in [0.15, 0.2) is 0 Å². The summed E-state index contributed by atoms with van der Waals surface area (Å²) in [5, 5.41) is 3.87. The van der Waals surface area contributed by atoms with Gasteiger partial charge in [0.2, 0.25) is 11.7 Å². The van der Waals surface area contributed by atoms with Crippen molar-refractivity contribution in [2.24, 2.45) is 5.92 Å². The fraction of sp³-hybridized carbons (Fsp3) is 0.556. The monoisotopic (exact) mass is 371 g/mol. The van der Waals surface area contributed by atoms with Crippen LogP contribution < -0.4 is 0 Å². The summed E-state index contributed by atoms with van der Waals surface area (Å²) in [6.45, 7) is 3.30. The highest BCUT2D eigenvalue weighted by Crippen LogP contribution is 2.34. The van der Waals surface area contributed by atoms with E-state index in [4.69, 9.17) is 4.52 Å². The molecular weight excluding hydrogens is 350 g/mol. The molecule has 2 heterocycles. The van der Waals surface area contributed by atoms with Gasteiger partial charge in [-0.05, 0) is 57.5 Å². The predicted molar refractivity (Wildman–Crippen MR) is 88.0 cm³/mol. The van der Waals surface area contributed by atoms with Gasteiger partial charge >= 0.3 is 6.18 Å². The van der Waals surface area contributed by atoms with E-state index in [0.717, 1.165) is 6.42 Å². The number of nitrogens with zero attached hydrogens (tertiary/aromatic N) is 3. The van der Waals surface area contributed by atoms with Gasteiger partial charge in [-0.1, -0.05) is 17.3 Å². The highest BCUT2D eigenvalue weighted by atomic mass is 19.4. The quantitative estimate of drug-likeness (QED) is 0.731. The SMILES string of the molecule is Cc1ccc(-c2noc(CCCN3CCC(C(F)(F)F)CC3)n2)cc1F. The zero-order valence-electron chi connectivity index (χ0n) is 14.5. The van der Waals surface area contributed by atoms with Crippen molar-refractivity contribution in [2.75, 3.05) is 19.6 Å². The van der Waals surface area contributed by atoms with Crippen LogP contribution in [0.15, 0.2) is 22.7 Å². The van der Waals surface area contributed by atoms with Gasteiger partial charge < -0.3 is 9.42 Å². The van der Waals surface area contributed by atoms with Crippen LogP contribution in [-0.4, -0.2) is 40.9 Å². The zero-order valence-corrected chi connectivity index (χ0v) is 14.5. The Labute approximate surface area is 149 Å². The number of halogens is 4. The van der Waals surface area contributed by atoms with Crippen LogP contribution in [0.1, 0.15) is 30.7 Å². The van der Waals surface area contributed by atoms with Gasteiger partial charge in [0.1, 0.15) is 5.82 Å². The summed E-state index contributed by atoms with van der Waals surface area (Å²) in [4.78, 5) is 6.30. The second-order valence-corrected chi connectivity index (χ2v) is 6.74. The van der Waals surface area contributed by atoms with Gasteiger partial charge in [-0.15, -0.1) is 0 Å². The number of aromatic nitrogens is 2. The third-order valence-corrected chi connectivity index (χ3v) is 4.81. The molecule has 0 atom stereocenters. The van der Waals surface area contributed by atoms with Crippen LogP contribution in [0.5, 0.6) is 0 Å². The number of alkyl halides is 3. The Hall–Kier alpha value is -1.96. The van der Waals surface area contributed by atoms with Crippen LogP contribution in [0.2, 0.25) is 0 Å². The minimum absolute atomic E-state index is 0.160. The second kappa shape index (κ2) is 7.73. The van der Waals surface area contributed by atoms with Crippen molar-refractivity contribution in [2.45, 2.75) is 38.8 Å². The third kappa shape index (κ3) is 4.60. The number of rotatable bonds is 5. The second-order valence-electron chi connectivity index (χ2n) is 6.74. The molecule has 1 saturated heterocycles. The van der Waals surface area contributed by atoms with Crippen LogP contribution in [0, 0.1) is 18.7 Å². The molecule has 0 unspecified atom stereocenters. The van der Waals surface area contributed by atoms with Crippen molar-refractivity contribution in [3.63, 3.8) is 0 Å². The van der Waals surface area contributed by atoms with E-state index >= 15 is 0 Å². The van der Waals surface area contributed by atoms with E-state index < -0.39 is 12.1 Å². The lowest BCUT2D eigenvalue weighted by atomic mass is 9.96. The Morgan fingerprint density at radius 3 is 2.62 bits per heavy atom. The maximum Gasteiger partial charge on any atom is 0.391 e. The first kappa shape index (κ1) is 18.8. The standard InChI is InChI=1S/C18H21F4N3O/c1-12-4-5-13(11-15(12)19)17-23-16(26-24-17)3-2-8-25-9-6-14(7-10-25)18(20,21)22/h4-5,11,14H,2-3,6-10H2,1H3. The van der Waals surface area contributed by atoms with Crippen molar-refractivity contribution in [1.82, 2.24) is 15.0 Å². The van der Waals surface area contributed by atoms with E-state index in [0.29, 0.717) is 48.9 Å². The fourth-order valence-corrected chi connectivity index (χ4v) is 3.14. The van der Waals surface area contributed by atoms with Crippen molar-refractivity contribution in [3.8, 4) is 11.4 Å². The van der Waals surface area contributed by atoms with Crippen LogP contribution in [0.25, 0.3) is 11.4 Å². The minimum atomic E-state index is -4.08. The predicted octanol–water partition coefficient (Wildman–Crippen LogP) is 4.39. The largest absolute Gasteiger partial charge is 0.391 e. The van der Waals surface area contributed by atoms with Crippen LogP contribution in [-0.2, 0) is 6.42 Å². The highest BCUT2D eigenvalue weighted by molar-refractivity contribution is 5.54. The first-order chi connectivity index (χ1) is 12.3. The highest BCUT2D eigenvalue weighted by Gasteiger charge is 2.40. The number of likely N-dealkylation sites (tertiary alicyclic amines) is 1. The summed E-state index contributed by atoms with van der Waals surface area (Å²) in [6, 6.07) is 4.76. The van der Waals surface area contributed by atoms with Crippen molar-refractivity contribution in [1.29, 1.82) is 0 Å². The molecule has 1 aromatic carbocycles. The van der Waals surface area contributed by atoms with E-state index in [1.54, 1.807) is 19.1 Å². The average molecular weight is 371 g/mol. The summed E-state index contributed by atoms with van der Waals surface area (Å²) < 4.78 is 56.8.